The fourth-order valence-electron chi connectivity index (χ4n) is 13.7. The molecule has 0 saturated carbocycles. The van der Waals surface area contributed by atoms with E-state index in [9.17, 15) is 0 Å². The van der Waals surface area contributed by atoms with E-state index in [1.807, 2.05) is 0 Å². The lowest BCUT2D eigenvalue weighted by Gasteiger charge is -2.39. The van der Waals surface area contributed by atoms with E-state index >= 15 is 0 Å². The van der Waals surface area contributed by atoms with Crippen LogP contribution in [0.1, 0.15) is 22.3 Å². The van der Waals surface area contributed by atoms with Crippen molar-refractivity contribution in [2.75, 3.05) is 9.80 Å². The van der Waals surface area contributed by atoms with Crippen molar-refractivity contribution in [1.82, 2.24) is 4.57 Å². The number of benzene rings is 13. The average molecular weight is 1050 g/mol. The van der Waals surface area contributed by atoms with Gasteiger partial charge in [-0.1, -0.05) is 194 Å². The predicted octanol–water partition coefficient (Wildman–Crippen LogP) is 20.9. The smallest absolute Gasteiger partial charge is 0.143 e. The van der Waals surface area contributed by atoms with Crippen LogP contribution in [-0.2, 0) is 5.41 Å². The van der Waals surface area contributed by atoms with E-state index in [1.54, 1.807) is 0 Å². The first-order chi connectivity index (χ1) is 40.7. The average Bonchev–Trinajstić information content (AvgIpc) is 2.82. The topological polar surface area (TPSA) is 33.8 Å². The Kier molecular flexibility index (Phi) is 10.2. The Hall–Kier alpha value is -10.9. The Morgan fingerprint density at radius 1 is 0.329 bits per heavy atom. The summed E-state index contributed by atoms with van der Waals surface area (Å²) in [5.41, 5.74) is 20.3. The highest BCUT2D eigenvalue weighted by Crippen LogP contribution is 2.62. The predicted molar refractivity (Wildman–Crippen MR) is 338 cm³/mol. The van der Waals surface area contributed by atoms with Gasteiger partial charge in [0.1, 0.15) is 22.7 Å². The van der Waals surface area contributed by atoms with E-state index in [2.05, 4.69) is 312 Å². The van der Waals surface area contributed by atoms with Gasteiger partial charge in [-0.3, -0.25) is 0 Å². The van der Waals surface area contributed by atoms with Crippen LogP contribution in [0.4, 0.5) is 34.1 Å². The Labute approximate surface area is 474 Å². The van der Waals surface area contributed by atoms with Crippen molar-refractivity contribution in [3.8, 4) is 39.4 Å². The van der Waals surface area contributed by atoms with Crippen LogP contribution in [0.2, 0.25) is 0 Å². The zero-order valence-corrected chi connectivity index (χ0v) is 44.4. The largest absolute Gasteiger partial charge is 0.457 e. The lowest BCUT2D eigenvalue weighted by Crippen LogP contribution is -2.32. The Bertz CT molecular complexity index is 4990. The third-order valence-corrected chi connectivity index (χ3v) is 17.2. The second-order valence-electron chi connectivity index (χ2n) is 21.5. The second-order valence-corrected chi connectivity index (χ2v) is 21.5. The van der Waals surface area contributed by atoms with Gasteiger partial charge in [0, 0.05) is 66.8 Å². The first kappa shape index (κ1) is 46.1. The monoisotopic (exact) mass is 1050 g/mol. The SMILES string of the molecule is c1ccc(N(c2cccc(N(c3ccc(-c4ccc5c(c4)Oc4ccccc4C54c5ccccc5-c5ccccc54)cc3)c3cccc4oc5c6ccccc6ccc5c34)c2)c2ccc3c4ccccc4n(-c4ccccc4)c3c2)cc1. The number of nitrogens with zero attached hydrogens (tertiary/aromatic N) is 3. The second kappa shape index (κ2) is 18.1. The third kappa shape index (κ3) is 6.80. The number of fused-ring (bicyclic) bond motifs is 17. The van der Waals surface area contributed by atoms with Crippen molar-refractivity contribution in [2.45, 2.75) is 5.41 Å². The molecule has 5 nitrogen and oxygen atoms in total. The zero-order valence-electron chi connectivity index (χ0n) is 44.4. The van der Waals surface area contributed by atoms with Crippen LogP contribution in [0.25, 0.3) is 82.5 Å². The summed E-state index contributed by atoms with van der Waals surface area (Å²) in [6.07, 6.45) is 0. The molecular weight excluding hydrogens is 999 g/mol. The molecule has 0 fully saturated rings. The van der Waals surface area contributed by atoms with E-state index in [0.29, 0.717) is 0 Å². The first-order valence-corrected chi connectivity index (χ1v) is 28.1. The number of aromatic nitrogens is 1. The molecular formula is C77H49N3O2. The molecule has 384 valence electrons. The van der Waals surface area contributed by atoms with Gasteiger partial charge in [0.2, 0.25) is 0 Å². The fourth-order valence-corrected chi connectivity index (χ4v) is 13.7. The lowest BCUT2D eigenvalue weighted by atomic mass is 9.66. The van der Waals surface area contributed by atoms with Crippen LogP contribution in [0.15, 0.2) is 302 Å². The van der Waals surface area contributed by atoms with E-state index < -0.39 is 5.41 Å². The molecule has 15 aromatic rings. The van der Waals surface area contributed by atoms with Crippen molar-refractivity contribution < 1.29 is 9.15 Å². The summed E-state index contributed by atoms with van der Waals surface area (Å²) in [6.45, 7) is 0. The molecule has 0 unspecified atom stereocenters. The van der Waals surface area contributed by atoms with Gasteiger partial charge >= 0.3 is 0 Å². The Morgan fingerprint density at radius 3 is 1.71 bits per heavy atom. The van der Waals surface area contributed by atoms with Gasteiger partial charge in [-0.25, -0.2) is 0 Å². The Balaban J connectivity index is 0.829. The highest BCUT2D eigenvalue weighted by atomic mass is 16.5. The lowest BCUT2D eigenvalue weighted by molar-refractivity contribution is 0.436. The standard InChI is InChI=1S/C77H49N3O2/c1-3-20-53(21-4-1)78(58-43-45-63-62-29-11-15-33-69(62)80(71(63)49-58)54-22-5-2-6-23-54)56-24-17-25-57(48-56)79(70-34-18-36-73-75(70)64-44-39-51-19-7-8-26-59(51)76(64)82-73)55-41-37-50(38-42-55)52-40-46-68-74(47-52)81-72-35-16-14-32-67(72)77(68)65-30-12-9-27-60(65)61-28-10-13-31-66(61)77/h1-49H. The molecule has 0 saturated heterocycles. The van der Waals surface area contributed by atoms with Gasteiger partial charge in [0.15, 0.2) is 0 Å². The summed E-state index contributed by atoms with van der Waals surface area (Å²) in [6, 6.07) is 107. The number of anilines is 6. The van der Waals surface area contributed by atoms with Crippen molar-refractivity contribution in [3.63, 3.8) is 0 Å². The number of rotatable bonds is 8. The summed E-state index contributed by atoms with van der Waals surface area (Å²) in [5.74, 6) is 1.74. The van der Waals surface area contributed by atoms with Crippen molar-refractivity contribution >= 4 is 88.6 Å². The molecule has 17 rings (SSSR count). The molecule has 0 radical (unpaired) electrons. The van der Waals surface area contributed by atoms with Crippen LogP contribution in [0.3, 0.4) is 0 Å². The molecule has 0 atom stereocenters. The summed E-state index contributed by atoms with van der Waals surface area (Å²) in [4.78, 5) is 4.77. The van der Waals surface area contributed by atoms with Crippen LogP contribution in [0.5, 0.6) is 11.5 Å². The quantitative estimate of drug-likeness (QED) is 0.152. The number of hydrogen-bond donors (Lipinski definition) is 0. The maximum Gasteiger partial charge on any atom is 0.143 e. The van der Waals surface area contributed by atoms with E-state index in [1.165, 1.54) is 38.5 Å². The fraction of sp³-hybridized carbons (Fsp3) is 0.0130. The van der Waals surface area contributed by atoms with Gasteiger partial charge in [0.25, 0.3) is 0 Å². The van der Waals surface area contributed by atoms with Crippen LogP contribution < -0.4 is 14.5 Å². The summed E-state index contributed by atoms with van der Waals surface area (Å²) in [5, 5.41) is 6.77. The number of hydrogen-bond acceptors (Lipinski definition) is 4. The van der Waals surface area contributed by atoms with Crippen molar-refractivity contribution in [1.29, 1.82) is 0 Å². The molecule has 82 heavy (non-hydrogen) atoms. The molecule has 0 N–H and O–H groups in total. The van der Waals surface area contributed by atoms with Crippen LogP contribution in [0, 0.1) is 0 Å². The molecule has 1 spiro atoms. The number of furan rings is 1. The third-order valence-electron chi connectivity index (χ3n) is 17.2. The highest BCUT2D eigenvalue weighted by molar-refractivity contribution is 6.20. The molecule has 2 aromatic heterocycles. The summed E-state index contributed by atoms with van der Waals surface area (Å²) < 4.78 is 16.2. The van der Waals surface area contributed by atoms with E-state index in [0.717, 1.165) is 112 Å². The molecule has 13 aromatic carbocycles. The molecule has 2 aliphatic rings. The van der Waals surface area contributed by atoms with Gasteiger partial charge in [-0.05, 0) is 142 Å². The number of ether oxygens (including phenoxy) is 1. The first-order valence-electron chi connectivity index (χ1n) is 28.1. The van der Waals surface area contributed by atoms with E-state index in [-0.39, 0.29) is 0 Å². The maximum absolute atomic E-state index is 6.96. The number of para-hydroxylation sites is 4. The van der Waals surface area contributed by atoms with Gasteiger partial charge in [-0.2, -0.15) is 0 Å². The van der Waals surface area contributed by atoms with E-state index in [4.69, 9.17) is 9.15 Å². The highest BCUT2D eigenvalue weighted by Gasteiger charge is 2.51. The molecule has 0 bridgehead atoms. The molecule has 1 aliphatic heterocycles. The minimum absolute atomic E-state index is 0.523. The van der Waals surface area contributed by atoms with Crippen molar-refractivity contribution in [3.05, 3.63) is 320 Å². The maximum atomic E-state index is 6.96. The normalized spacial score (nSPS) is 12.8. The minimum atomic E-state index is -0.523. The van der Waals surface area contributed by atoms with Gasteiger partial charge in [0.05, 0.1) is 27.5 Å². The van der Waals surface area contributed by atoms with Crippen LogP contribution in [-0.4, -0.2) is 4.57 Å². The molecule has 5 heteroatoms. The van der Waals surface area contributed by atoms with Crippen molar-refractivity contribution in [2.24, 2.45) is 0 Å². The van der Waals surface area contributed by atoms with Gasteiger partial charge < -0.3 is 23.5 Å². The van der Waals surface area contributed by atoms with Gasteiger partial charge in [-0.15, -0.1) is 0 Å². The molecule has 0 amide bonds. The summed E-state index contributed by atoms with van der Waals surface area (Å²) in [7, 11) is 0. The van der Waals surface area contributed by atoms with Crippen LogP contribution >= 0.6 is 0 Å². The minimum Gasteiger partial charge on any atom is -0.457 e. The molecule has 1 aliphatic carbocycles. The summed E-state index contributed by atoms with van der Waals surface area (Å²) >= 11 is 0. The molecule has 3 heterocycles. The zero-order chi connectivity index (χ0) is 53.9. The Morgan fingerprint density at radius 2 is 0.902 bits per heavy atom.